The number of hydrogen-bond acceptors (Lipinski definition) is 10. The minimum Gasteiger partial charge on any atom is -0.481 e. The van der Waals surface area contributed by atoms with Crippen molar-refractivity contribution in [1.82, 2.24) is 34.6 Å². The first-order chi connectivity index (χ1) is 23.4. The van der Waals surface area contributed by atoms with Crippen molar-refractivity contribution in [2.75, 3.05) is 53.0 Å². The van der Waals surface area contributed by atoms with Crippen molar-refractivity contribution in [3.05, 3.63) is 102 Å². The summed E-state index contributed by atoms with van der Waals surface area (Å²) in [7, 11) is 1.47. The van der Waals surface area contributed by atoms with Crippen LogP contribution in [0.4, 0.5) is 8.78 Å². The largest absolute Gasteiger partial charge is 0.481 e. The average Bonchev–Trinajstić information content (AvgIpc) is 3.12. The molecular formula is C35H39F2N7O4. The van der Waals surface area contributed by atoms with Crippen molar-refractivity contribution >= 4 is 5.91 Å². The molecule has 0 radical (unpaired) electrons. The van der Waals surface area contributed by atoms with Crippen LogP contribution in [0.3, 0.4) is 0 Å². The third kappa shape index (κ3) is 7.52. The Balaban J connectivity index is 1.38. The number of alkyl halides is 2. The Labute approximate surface area is 278 Å². The Morgan fingerprint density at radius 2 is 1.62 bits per heavy atom. The van der Waals surface area contributed by atoms with Crippen LogP contribution in [-0.2, 0) is 6.54 Å². The molecule has 13 heteroatoms. The lowest BCUT2D eigenvalue weighted by Gasteiger charge is -2.53. The van der Waals surface area contributed by atoms with Gasteiger partial charge < -0.3 is 19.1 Å². The van der Waals surface area contributed by atoms with E-state index in [4.69, 9.17) is 14.2 Å². The number of piperazine rings is 2. The van der Waals surface area contributed by atoms with Crippen LogP contribution in [0.1, 0.15) is 40.0 Å². The van der Waals surface area contributed by atoms with E-state index in [0.29, 0.717) is 44.0 Å². The Kier molecular flexibility index (Phi) is 10.7. The van der Waals surface area contributed by atoms with Gasteiger partial charge in [0.15, 0.2) is 6.61 Å². The molecule has 2 fully saturated rings. The fourth-order valence-corrected chi connectivity index (χ4v) is 6.76. The highest BCUT2D eigenvalue weighted by molar-refractivity contribution is 5.92. The van der Waals surface area contributed by atoms with E-state index in [-0.39, 0.29) is 54.8 Å². The van der Waals surface area contributed by atoms with Gasteiger partial charge in [-0.1, -0.05) is 60.7 Å². The van der Waals surface area contributed by atoms with Gasteiger partial charge >= 0.3 is 6.01 Å². The Morgan fingerprint density at radius 3 is 2.25 bits per heavy atom. The maximum Gasteiger partial charge on any atom is 0.323 e. The first kappa shape index (κ1) is 33.2. The lowest BCUT2D eigenvalue weighted by molar-refractivity contribution is -0.0294. The highest BCUT2D eigenvalue weighted by atomic mass is 19.3. The predicted molar refractivity (Wildman–Crippen MR) is 173 cm³/mol. The topological polar surface area (TPSA) is 106 Å². The SMILES string of the molecule is CCOc1nc(OC)c(CN2CC3CN(C(=O)c4cnccn4)CCN3C(C(c3ccccc3)c3ccccc3)C2)c(OCC(F)F)n1. The number of carbonyl (C=O) groups is 1. The molecule has 4 heterocycles. The minimum atomic E-state index is -2.69. The molecule has 0 spiro atoms. The third-order valence-corrected chi connectivity index (χ3v) is 8.75. The summed E-state index contributed by atoms with van der Waals surface area (Å²) in [6.07, 6.45) is 1.86. The lowest BCUT2D eigenvalue weighted by atomic mass is 9.81. The van der Waals surface area contributed by atoms with Crippen molar-refractivity contribution in [3.8, 4) is 17.8 Å². The maximum atomic E-state index is 13.5. The molecule has 1 amide bonds. The van der Waals surface area contributed by atoms with E-state index in [1.54, 1.807) is 13.1 Å². The monoisotopic (exact) mass is 659 g/mol. The van der Waals surface area contributed by atoms with Crippen LogP contribution >= 0.6 is 0 Å². The summed E-state index contributed by atoms with van der Waals surface area (Å²) in [6, 6.07) is 20.8. The van der Waals surface area contributed by atoms with E-state index in [1.165, 1.54) is 30.6 Å². The molecule has 6 rings (SSSR count). The molecule has 252 valence electrons. The highest BCUT2D eigenvalue weighted by Crippen LogP contribution is 2.37. The summed E-state index contributed by atoms with van der Waals surface area (Å²) in [5.41, 5.74) is 3.11. The van der Waals surface area contributed by atoms with Gasteiger partial charge in [0, 0.05) is 69.7 Å². The maximum absolute atomic E-state index is 13.5. The molecule has 0 N–H and O–H groups in total. The summed E-state index contributed by atoms with van der Waals surface area (Å²) in [4.78, 5) is 37.2. The number of aromatic nitrogens is 4. The molecule has 0 bridgehead atoms. The smallest absolute Gasteiger partial charge is 0.323 e. The predicted octanol–water partition coefficient (Wildman–Crippen LogP) is 4.16. The zero-order valence-electron chi connectivity index (χ0n) is 27.0. The minimum absolute atomic E-state index is 0.00219. The molecule has 2 unspecified atom stereocenters. The van der Waals surface area contributed by atoms with Crippen LogP contribution in [0, 0.1) is 0 Å². The number of ether oxygens (including phenoxy) is 3. The molecule has 2 aromatic carbocycles. The number of fused-ring (bicyclic) bond motifs is 1. The molecule has 0 aliphatic carbocycles. The molecule has 0 saturated carbocycles. The molecule has 2 saturated heterocycles. The fourth-order valence-electron chi connectivity index (χ4n) is 6.76. The number of methoxy groups -OCH3 is 1. The van der Waals surface area contributed by atoms with E-state index < -0.39 is 13.0 Å². The van der Waals surface area contributed by atoms with E-state index in [9.17, 15) is 13.6 Å². The fraction of sp³-hybridized carbons (Fsp3) is 0.400. The number of benzene rings is 2. The second-order valence-corrected chi connectivity index (χ2v) is 11.7. The number of amides is 1. The zero-order valence-corrected chi connectivity index (χ0v) is 27.0. The molecule has 2 aromatic heterocycles. The van der Waals surface area contributed by atoms with Crippen molar-refractivity contribution in [3.63, 3.8) is 0 Å². The van der Waals surface area contributed by atoms with Gasteiger partial charge in [-0.15, -0.1) is 0 Å². The van der Waals surface area contributed by atoms with Gasteiger partial charge in [-0.2, -0.15) is 9.97 Å². The first-order valence-corrected chi connectivity index (χ1v) is 16.1. The molecule has 2 aliphatic heterocycles. The summed E-state index contributed by atoms with van der Waals surface area (Å²) in [5, 5.41) is 0. The van der Waals surface area contributed by atoms with Crippen molar-refractivity contribution in [2.24, 2.45) is 0 Å². The zero-order chi connectivity index (χ0) is 33.5. The molecule has 4 aromatic rings. The molecule has 11 nitrogen and oxygen atoms in total. The summed E-state index contributed by atoms with van der Waals surface area (Å²) in [5.74, 6) is 0.0362. The highest BCUT2D eigenvalue weighted by Gasteiger charge is 2.43. The Bertz CT molecular complexity index is 1600. The van der Waals surface area contributed by atoms with Crippen LogP contribution < -0.4 is 14.2 Å². The number of carbonyl (C=O) groups excluding carboxylic acids is 1. The van der Waals surface area contributed by atoms with E-state index in [0.717, 1.165) is 0 Å². The van der Waals surface area contributed by atoms with E-state index in [2.05, 4.69) is 78.3 Å². The van der Waals surface area contributed by atoms with Crippen LogP contribution in [0.2, 0.25) is 0 Å². The van der Waals surface area contributed by atoms with Crippen LogP contribution in [0.15, 0.2) is 79.3 Å². The van der Waals surface area contributed by atoms with E-state index >= 15 is 0 Å². The second-order valence-electron chi connectivity index (χ2n) is 11.7. The second kappa shape index (κ2) is 15.4. The summed E-state index contributed by atoms with van der Waals surface area (Å²) >= 11 is 0. The number of rotatable bonds is 12. The van der Waals surface area contributed by atoms with Gasteiger partial charge in [-0.25, -0.2) is 13.8 Å². The van der Waals surface area contributed by atoms with Gasteiger partial charge in [0.2, 0.25) is 11.8 Å². The molecular weight excluding hydrogens is 620 g/mol. The number of nitrogens with zero attached hydrogens (tertiary/aromatic N) is 7. The van der Waals surface area contributed by atoms with Crippen LogP contribution in [0.25, 0.3) is 0 Å². The van der Waals surface area contributed by atoms with Gasteiger partial charge in [0.05, 0.1) is 25.5 Å². The standard InChI is InChI=1S/C35H39F2N7O4/c1-3-47-35-40-32(46-2)27(33(41-35)48-23-30(36)37)21-42-19-26-20-43(34(45)28-18-38-14-15-39-28)16-17-44(26)29(22-42)31(24-10-6-4-7-11-24)25-12-8-5-9-13-25/h4-15,18,26,29-31H,3,16-17,19-23H2,1-2H3. The van der Waals surface area contributed by atoms with Crippen molar-refractivity contribution in [2.45, 2.75) is 37.9 Å². The molecule has 48 heavy (non-hydrogen) atoms. The van der Waals surface area contributed by atoms with Gasteiger partial charge in [-0.05, 0) is 18.1 Å². The normalized spacial score (nSPS) is 18.5. The molecule has 2 atom stereocenters. The lowest BCUT2D eigenvalue weighted by Crippen LogP contribution is -2.67. The third-order valence-electron chi connectivity index (χ3n) is 8.75. The molecule has 2 aliphatic rings. The number of halogens is 2. The van der Waals surface area contributed by atoms with Crippen LogP contribution in [-0.4, -0.2) is 112 Å². The Morgan fingerprint density at radius 1 is 0.917 bits per heavy atom. The van der Waals surface area contributed by atoms with Gasteiger partial charge in [-0.3, -0.25) is 19.6 Å². The van der Waals surface area contributed by atoms with Gasteiger partial charge in [0.25, 0.3) is 12.3 Å². The van der Waals surface area contributed by atoms with Gasteiger partial charge in [0.1, 0.15) is 5.69 Å². The first-order valence-electron chi connectivity index (χ1n) is 16.1. The number of hydrogen-bond donors (Lipinski definition) is 0. The summed E-state index contributed by atoms with van der Waals surface area (Å²) < 4.78 is 43.3. The van der Waals surface area contributed by atoms with Crippen molar-refractivity contribution in [1.29, 1.82) is 0 Å². The summed E-state index contributed by atoms with van der Waals surface area (Å²) in [6.45, 7) is 4.41. The van der Waals surface area contributed by atoms with Crippen molar-refractivity contribution < 1.29 is 27.8 Å². The Hall–Kier alpha value is -4.75. The quantitative estimate of drug-likeness (QED) is 0.220. The average molecular weight is 660 g/mol. The van der Waals surface area contributed by atoms with Crippen LogP contribution in [0.5, 0.6) is 17.8 Å². The van der Waals surface area contributed by atoms with E-state index in [1.807, 2.05) is 17.0 Å².